The van der Waals surface area contributed by atoms with Crippen LogP contribution in [0.25, 0.3) is 0 Å². The summed E-state index contributed by atoms with van der Waals surface area (Å²) in [5, 5.41) is 4.52. The number of rotatable bonds is 5. The molecule has 2 aromatic rings. The van der Waals surface area contributed by atoms with Crippen LogP contribution in [-0.4, -0.2) is 35.8 Å². The van der Waals surface area contributed by atoms with E-state index in [4.69, 9.17) is 9.47 Å². The van der Waals surface area contributed by atoms with Crippen LogP contribution in [0, 0.1) is 5.92 Å². The Bertz CT molecular complexity index is 996. The third-order valence-electron chi connectivity index (χ3n) is 4.64. The van der Waals surface area contributed by atoms with Gasteiger partial charge in [-0.2, -0.15) is 26.3 Å². The highest BCUT2D eigenvalue weighted by Gasteiger charge is 2.39. The second-order valence-corrected chi connectivity index (χ2v) is 7.96. The van der Waals surface area contributed by atoms with Crippen LogP contribution in [0.3, 0.4) is 0 Å². The number of ether oxygens (including phenoxy) is 2. The van der Waals surface area contributed by atoms with Crippen molar-refractivity contribution in [2.24, 2.45) is 5.92 Å². The number of alkyl halides is 6. The lowest BCUT2D eigenvalue weighted by Gasteiger charge is -2.22. The quantitative estimate of drug-likeness (QED) is 0.483. The van der Waals surface area contributed by atoms with E-state index in [1.165, 1.54) is 6.07 Å². The summed E-state index contributed by atoms with van der Waals surface area (Å²) in [5.41, 5.74) is -3.31. The molecule has 0 radical (unpaired) electrons. The van der Waals surface area contributed by atoms with Crippen molar-refractivity contribution in [3.63, 3.8) is 0 Å². The highest BCUT2D eigenvalue weighted by Crippen LogP contribution is 2.39. The van der Waals surface area contributed by atoms with E-state index < -0.39 is 47.1 Å². The van der Waals surface area contributed by atoms with Crippen LogP contribution in [0.1, 0.15) is 24.1 Å². The Hall–Kier alpha value is -2.61. The first kappa shape index (κ1) is 25.0. The summed E-state index contributed by atoms with van der Waals surface area (Å²) in [6.07, 6.45) is -9.05. The molecule has 33 heavy (non-hydrogen) atoms. The van der Waals surface area contributed by atoms with Gasteiger partial charge in [0, 0.05) is 24.2 Å². The smallest absolute Gasteiger partial charge is 0.406 e. The third-order valence-corrected chi connectivity index (χ3v) is 5.13. The Morgan fingerprint density at radius 1 is 1.15 bits per heavy atom. The number of benzene rings is 1. The maximum Gasteiger partial charge on any atom is 0.437 e. The van der Waals surface area contributed by atoms with Crippen molar-refractivity contribution < 1.29 is 40.6 Å². The largest absolute Gasteiger partial charge is 0.437 e. The van der Waals surface area contributed by atoms with E-state index in [0.717, 1.165) is 12.1 Å². The Labute approximate surface area is 192 Å². The minimum absolute atomic E-state index is 0.102. The molecule has 0 saturated carbocycles. The van der Waals surface area contributed by atoms with E-state index in [2.05, 4.69) is 36.5 Å². The summed E-state index contributed by atoms with van der Waals surface area (Å²) in [6.45, 7) is 1.24. The Balaban J connectivity index is 1.78. The van der Waals surface area contributed by atoms with Crippen LogP contribution in [0.5, 0.6) is 5.75 Å². The lowest BCUT2D eigenvalue weighted by Crippen LogP contribution is -2.34. The molecule has 1 fully saturated rings. The molecule has 2 heterocycles. The molecule has 1 aromatic heterocycles. The van der Waals surface area contributed by atoms with Gasteiger partial charge in [-0.05, 0) is 37.0 Å². The Morgan fingerprint density at radius 3 is 2.48 bits per heavy atom. The van der Waals surface area contributed by atoms with Gasteiger partial charge in [-0.15, -0.1) is 0 Å². The summed E-state index contributed by atoms with van der Waals surface area (Å²) >= 11 is 2.91. The van der Waals surface area contributed by atoms with Crippen molar-refractivity contribution in [1.29, 1.82) is 0 Å². The second-order valence-electron chi connectivity index (χ2n) is 7.04. The highest BCUT2D eigenvalue weighted by molar-refractivity contribution is 9.10. The number of carbonyl (C=O) groups is 1. The van der Waals surface area contributed by atoms with Crippen LogP contribution in [0.2, 0.25) is 0 Å². The van der Waals surface area contributed by atoms with Gasteiger partial charge >= 0.3 is 18.4 Å². The SMILES string of the molecule is O=C(NCC1CCOCC1)Oc1cnc(Nc2ccc(Br)cc2C(F)(F)F)nc1C(F)(F)F. The summed E-state index contributed by atoms with van der Waals surface area (Å²) < 4.78 is 90.3. The van der Waals surface area contributed by atoms with Gasteiger partial charge in [-0.3, -0.25) is 0 Å². The fraction of sp³-hybridized carbons (Fsp3) is 0.421. The molecule has 7 nitrogen and oxygen atoms in total. The van der Waals surface area contributed by atoms with Crippen LogP contribution in [-0.2, 0) is 17.1 Å². The number of amides is 1. The number of carbonyl (C=O) groups excluding carboxylic acids is 1. The van der Waals surface area contributed by atoms with Crippen molar-refractivity contribution in [3.8, 4) is 5.75 Å². The first-order chi connectivity index (χ1) is 15.4. The van der Waals surface area contributed by atoms with E-state index in [9.17, 15) is 31.1 Å². The highest BCUT2D eigenvalue weighted by atomic mass is 79.9. The third kappa shape index (κ3) is 6.93. The molecule has 14 heteroatoms. The zero-order valence-corrected chi connectivity index (χ0v) is 18.3. The van der Waals surface area contributed by atoms with Crippen molar-refractivity contribution >= 4 is 33.7 Å². The van der Waals surface area contributed by atoms with E-state index in [0.29, 0.717) is 32.3 Å². The second kappa shape index (κ2) is 10.1. The van der Waals surface area contributed by atoms with Crippen molar-refractivity contribution in [1.82, 2.24) is 15.3 Å². The summed E-state index contributed by atoms with van der Waals surface area (Å²) in [7, 11) is 0. The molecule has 1 aromatic carbocycles. The number of nitrogens with one attached hydrogen (secondary N) is 2. The minimum atomic E-state index is -5.07. The standard InChI is InChI=1S/C19H17BrF6N4O3/c20-11-1-2-13(12(7-11)18(21,22)23)29-16-27-9-14(15(30-16)19(24,25)26)33-17(31)28-8-10-3-5-32-6-4-10/h1-2,7,9-10H,3-6,8H2,(H,28,31)(H,27,29,30). The zero-order valence-electron chi connectivity index (χ0n) is 16.7. The minimum Gasteiger partial charge on any atom is -0.406 e. The molecule has 1 aliphatic heterocycles. The Morgan fingerprint density at radius 2 is 1.85 bits per heavy atom. The van der Waals surface area contributed by atoms with Crippen LogP contribution < -0.4 is 15.4 Å². The summed E-state index contributed by atoms with van der Waals surface area (Å²) in [5.74, 6) is -1.64. The zero-order chi connectivity index (χ0) is 24.2. The van der Waals surface area contributed by atoms with Crippen LogP contribution >= 0.6 is 15.9 Å². The molecule has 1 amide bonds. The van der Waals surface area contributed by atoms with Gasteiger partial charge in [0.25, 0.3) is 0 Å². The van der Waals surface area contributed by atoms with E-state index in [1.807, 2.05) is 0 Å². The average Bonchev–Trinajstić information content (AvgIpc) is 2.74. The Kier molecular flexibility index (Phi) is 7.67. The monoisotopic (exact) mass is 542 g/mol. The number of halogens is 7. The maximum atomic E-state index is 13.5. The summed E-state index contributed by atoms with van der Waals surface area (Å²) in [4.78, 5) is 18.8. The van der Waals surface area contributed by atoms with Crippen LogP contribution in [0.4, 0.5) is 42.8 Å². The van der Waals surface area contributed by atoms with E-state index >= 15 is 0 Å². The van der Waals surface area contributed by atoms with Crippen molar-refractivity contribution in [2.75, 3.05) is 25.1 Å². The number of hydrogen-bond donors (Lipinski definition) is 2. The molecule has 0 aliphatic carbocycles. The van der Waals surface area contributed by atoms with Crippen molar-refractivity contribution in [3.05, 3.63) is 40.1 Å². The fourth-order valence-electron chi connectivity index (χ4n) is 3.00. The number of nitrogens with zero attached hydrogens (tertiary/aromatic N) is 2. The molecule has 2 N–H and O–H groups in total. The number of hydrogen-bond acceptors (Lipinski definition) is 6. The number of aromatic nitrogens is 2. The van der Waals surface area contributed by atoms with Gasteiger partial charge in [0.05, 0.1) is 17.4 Å². The molecular weight excluding hydrogens is 526 g/mol. The summed E-state index contributed by atoms with van der Waals surface area (Å²) in [6, 6.07) is 3.04. The predicted octanol–water partition coefficient (Wildman–Crippen LogP) is 5.54. The molecular formula is C19H17BrF6N4O3. The van der Waals surface area contributed by atoms with Gasteiger partial charge in [-0.1, -0.05) is 15.9 Å². The maximum absolute atomic E-state index is 13.5. The molecule has 0 atom stereocenters. The topological polar surface area (TPSA) is 85.4 Å². The van der Waals surface area contributed by atoms with Gasteiger partial charge in [0.2, 0.25) is 5.95 Å². The van der Waals surface area contributed by atoms with Gasteiger partial charge in [-0.25, -0.2) is 14.8 Å². The van der Waals surface area contributed by atoms with E-state index in [-0.39, 0.29) is 16.9 Å². The molecule has 1 saturated heterocycles. The predicted molar refractivity (Wildman–Crippen MR) is 107 cm³/mol. The fourth-order valence-corrected chi connectivity index (χ4v) is 3.36. The van der Waals surface area contributed by atoms with Crippen LogP contribution in [0.15, 0.2) is 28.9 Å². The lowest BCUT2D eigenvalue weighted by atomic mass is 10.0. The van der Waals surface area contributed by atoms with Gasteiger partial charge in [0.15, 0.2) is 11.4 Å². The molecule has 3 rings (SSSR count). The van der Waals surface area contributed by atoms with Gasteiger partial charge in [0.1, 0.15) is 0 Å². The molecule has 180 valence electrons. The number of anilines is 2. The average molecular weight is 543 g/mol. The first-order valence-corrected chi connectivity index (χ1v) is 10.3. The van der Waals surface area contributed by atoms with E-state index in [1.54, 1.807) is 0 Å². The van der Waals surface area contributed by atoms with Crippen molar-refractivity contribution in [2.45, 2.75) is 25.2 Å². The lowest BCUT2D eigenvalue weighted by molar-refractivity contribution is -0.142. The molecule has 0 spiro atoms. The first-order valence-electron chi connectivity index (χ1n) is 9.55. The molecule has 1 aliphatic rings. The normalized spacial score (nSPS) is 15.2. The molecule has 0 bridgehead atoms. The van der Waals surface area contributed by atoms with Gasteiger partial charge < -0.3 is 20.1 Å². The molecule has 0 unspecified atom stereocenters.